The van der Waals surface area contributed by atoms with Gasteiger partial charge in [0.2, 0.25) is 5.90 Å². The van der Waals surface area contributed by atoms with Crippen molar-refractivity contribution in [3.05, 3.63) is 87.1 Å². The third-order valence-electron chi connectivity index (χ3n) is 3.56. The van der Waals surface area contributed by atoms with Crippen molar-refractivity contribution in [2.75, 3.05) is 0 Å². The van der Waals surface area contributed by atoms with Crippen LogP contribution in [0.3, 0.4) is 0 Å². The molecule has 0 saturated carbocycles. The molecule has 0 aromatic heterocycles. The second kappa shape index (κ2) is 7.44. The molecule has 0 unspecified atom stereocenters. The number of carboxylic acid groups (broad SMARTS) is 1. The largest absolute Gasteiger partial charge is 0.478 e. The second-order valence-electron chi connectivity index (χ2n) is 5.49. The van der Waals surface area contributed by atoms with Crippen molar-refractivity contribution in [2.45, 2.75) is 0 Å². The molecule has 1 aliphatic heterocycles. The Balaban J connectivity index is 1.90. The Morgan fingerprint density at radius 3 is 2.63 bits per heavy atom. The average Bonchev–Trinajstić information content (AvgIpc) is 3.01. The summed E-state index contributed by atoms with van der Waals surface area (Å²) in [4.78, 5) is 37.1. The van der Waals surface area contributed by atoms with E-state index in [0.29, 0.717) is 16.7 Å². The van der Waals surface area contributed by atoms with E-state index in [1.54, 1.807) is 30.3 Å². The minimum Gasteiger partial charge on any atom is -0.478 e. The number of esters is 1. The van der Waals surface area contributed by atoms with Crippen molar-refractivity contribution in [3.63, 3.8) is 0 Å². The van der Waals surface area contributed by atoms with Gasteiger partial charge in [-0.3, -0.25) is 10.1 Å². The number of nitro benzene ring substituents is 1. The SMILES string of the molecule is O=C(O)/C=C/c1cccc(/C=C2\N=C(c3cccc([N+](=O)[O-])c3)OC2=O)c1. The monoisotopic (exact) mass is 364 g/mol. The normalized spacial score (nSPS) is 15.0. The van der Waals surface area contributed by atoms with E-state index in [9.17, 15) is 19.7 Å². The number of hydrogen-bond acceptors (Lipinski definition) is 6. The Hall–Kier alpha value is -4.07. The van der Waals surface area contributed by atoms with Crippen molar-refractivity contribution in [2.24, 2.45) is 4.99 Å². The van der Waals surface area contributed by atoms with Gasteiger partial charge >= 0.3 is 11.9 Å². The molecule has 134 valence electrons. The quantitative estimate of drug-likeness (QED) is 0.377. The van der Waals surface area contributed by atoms with Crippen LogP contribution in [0.1, 0.15) is 16.7 Å². The molecule has 0 saturated heterocycles. The van der Waals surface area contributed by atoms with Crippen LogP contribution in [0.15, 0.2) is 65.3 Å². The molecule has 2 aromatic carbocycles. The van der Waals surface area contributed by atoms with Gasteiger partial charge < -0.3 is 9.84 Å². The molecular formula is C19H12N2O6. The summed E-state index contributed by atoms with van der Waals surface area (Å²) in [6.45, 7) is 0. The molecule has 1 heterocycles. The predicted octanol–water partition coefficient (Wildman–Crippen LogP) is 3.04. The number of rotatable bonds is 5. The first kappa shape index (κ1) is 17.7. The van der Waals surface area contributed by atoms with Gasteiger partial charge in [-0.2, -0.15) is 0 Å². The van der Waals surface area contributed by atoms with Gasteiger partial charge in [-0.1, -0.05) is 24.3 Å². The van der Waals surface area contributed by atoms with Crippen molar-refractivity contribution in [1.82, 2.24) is 0 Å². The fraction of sp³-hybridized carbons (Fsp3) is 0. The van der Waals surface area contributed by atoms with Crippen LogP contribution in [0, 0.1) is 10.1 Å². The van der Waals surface area contributed by atoms with E-state index in [1.807, 2.05) is 0 Å². The molecule has 0 amide bonds. The van der Waals surface area contributed by atoms with Crippen LogP contribution in [-0.2, 0) is 14.3 Å². The lowest BCUT2D eigenvalue weighted by molar-refractivity contribution is -0.384. The highest BCUT2D eigenvalue weighted by Gasteiger charge is 2.25. The minimum atomic E-state index is -1.07. The minimum absolute atomic E-state index is 0.0168. The standard InChI is InChI=1S/C19H12N2O6/c22-17(23)8-7-12-3-1-4-13(9-12)10-16-19(24)27-18(20-16)14-5-2-6-15(11-14)21(25)26/h1-11H,(H,22,23)/b8-7+,16-10-. The van der Waals surface area contributed by atoms with Crippen LogP contribution in [-0.4, -0.2) is 27.9 Å². The Kier molecular flexibility index (Phi) is 4.89. The predicted molar refractivity (Wildman–Crippen MR) is 96.8 cm³/mol. The van der Waals surface area contributed by atoms with Crippen molar-refractivity contribution in [3.8, 4) is 0 Å². The van der Waals surface area contributed by atoms with Gasteiger partial charge in [-0.15, -0.1) is 0 Å². The van der Waals surface area contributed by atoms with Crippen LogP contribution in [0.5, 0.6) is 0 Å². The molecule has 2 aromatic rings. The third-order valence-corrected chi connectivity index (χ3v) is 3.56. The average molecular weight is 364 g/mol. The van der Waals surface area contributed by atoms with Gasteiger partial charge in [-0.05, 0) is 35.4 Å². The van der Waals surface area contributed by atoms with Gasteiger partial charge in [0.15, 0.2) is 5.70 Å². The smallest absolute Gasteiger partial charge is 0.363 e. The van der Waals surface area contributed by atoms with Crippen molar-refractivity contribution >= 4 is 35.7 Å². The number of ether oxygens (including phenoxy) is 1. The van der Waals surface area contributed by atoms with Crippen LogP contribution in [0.4, 0.5) is 5.69 Å². The van der Waals surface area contributed by atoms with Crippen LogP contribution in [0.25, 0.3) is 12.2 Å². The highest BCUT2D eigenvalue weighted by molar-refractivity contribution is 6.13. The lowest BCUT2D eigenvalue weighted by Crippen LogP contribution is -2.05. The molecule has 1 N–H and O–H groups in total. The number of carboxylic acids is 1. The van der Waals surface area contributed by atoms with Crippen LogP contribution in [0.2, 0.25) is 0 Å². The number of carbonyl (C=O) groups is 2. The first-order valence-electron chi connectivity index (χ1n) is 7.71. The first-order chi connectivity index (χ1) is 12.9. The maximum absolute atomic E-state index is 12.1. The summed E-state index contributed by atoms with van der Waals surface area (Å²) in [5, 5.41) is 19.5. The second-order valence-corrected chi connectivity index (χ2v) is 5.49. The number of aliphatic carboxylic acids is 1. The topological polar surface area (TPSA) is 119 Å². The molecular weight excluding hydrogens is 352 g/mol. The Labute approximate surface area is 152 Å². The highest BCUT2D eigenvalue weighted by atomic mass is 16.6. The number of carbonyl (C=O) groups excluding carboxylic acids is 1. The lowest BCUT2D eigenvalue weighted by Gasteiger charge is -1.98. The summed E-state index contributed by atoms with van der Waals surface area (Å²) in [6, 6.07) is 12.5. The highest BCUT2D eigenvalue weighted by Crippen LogP contribution is 2.22. The number of nitro groups is 1. The van der Waals surface area contributed by atoms with E-state index >= 15 is 0 Å². The molecule has 0 bridgehead atoms. The zero-order valence-electron chi connectivity index (χ0n) is 13.7. The fourth-order valence-corrected chi connectivity index (χ4v) is 2.36. The molecule has 27 heavy (non-hydrogen) atoms. The van der Waals surface area contributed by atoms with Crippen LogP contribution >= 0.6 is 0 Å². The Morgan fingerprint density at radius 2 is 1.89 bits per heavy atom. The summed E-state index contributed by atoms with van der Waals surface area (Å²) in [7, 11) is 0. The lowest BCUT2D eigenvalue weighted by atomic mass is 10.1. The van der Waals surface area contributed by atoms with Gasteiger partial charge in [-0.25, -0.2) is 14.6 Å². The molecule has 1 aliphatic rings. The summed E-state index contributed by atoms with van der Waals surface area (Å²) < 4.78 is 5.10. The van der Waals surface area contributed by atoms with E-state index < -0.39 is 16.9 Å². The maximum atomic E-state index is 12.1. The molecule has 0 spiro atoms. The summed E-state index contributed by atoms with van der Waals surface area (Å²) in [5.41, 5.74) is 1.48. The van der Waals surface area contributed by atoms with E-state index in [-0.39, 0.29) is 17.3 Å². The molecule has 8 heteroatoms. The number of cyclic esters (lactones) is 1. The van der Waals surface area contributed by atoms with E-state index in [1.165, 1.54) is 30.4 Å². The molecule has 0 atom stereocenters. The Morgan fingerprint density at radius 1 is 1.15 bits per heavy atom. The maximum Gasteiger partial charge on any atom is 0.363 e. The van der Waals surface area contributed by atoms with Crippen molar-refractivity contribution in [1.29, 1.82) is 0 Å². The van der Waals surface area contributed by atoms with E-state index in [2.05, 4.69) is 4.99 Å². The Bertz CT molecular complexity index is 1040. The number of non-ortho nitro benzene ring substituents is 1. The number of aliphatic imine (C=N–C) groups is 1. The number of benzene rings is 2. The zero-order chi connectivity index (χ0) is 19.4. The molecule has 0 fully saturated rings. The van der Waals surface area contributed by atoms with Crippen LogP contribution < -0.4 is 0 Å². The zero-order valence-corrected chi connectivity index (χ0v) is 13.7. The van der Waals surface area contributed by atoms with Gasteiger partial charge in [0.1, 0.15) is 0 Å². The number of hydrogen-bond donors (Lipinski definition) is 1. The molecule has 0 radical (unpaired) electrons. The van der Waals surface area contributed by atoms with E-state index in [4.69, 9.17) is 9.84 Å². The molecule has 8 nitrogen and oxygen atoms in total. The first-order valence-corrected chi connectivity index (χ1v) is 7.71. The van der Waals surface area contributed by atoms with Crippen molar-refractivity contribution < 1.29 is 24.4 Å². The summed E-state index contributed by atoms with van der Waals surface area (Å²) in [5.74, 6) is -1.76. The van der Waals surface area contributed by atoms with E-state index in [0.717, 1.165) is 6.08 Å². The third kappa shape index (κ3) is 4.31. The molecule has 3 rings (SSSR count). The number of nitrogens with zero attached hydrogens (tertiary/aromatic N) is 2. The van der Waals surface area contributed by atoms with Gasteiger partial charge in [0.25, 0.3) is 5.69 Å². The summed E-state index contributed by atoms with van der Waals surface area (Å²) >= 11 is 0. The van der Waals surface area contributed by atoms with Gasteiger partial charge in [0, 0.05) is 23.8 Å². The fourth-order valence-electron chi connectivity index (χ4n) is 2.36. The molecule has 0 aliphatic carbocycles. The van der Waals surface area contributed by atoms with Gasteiger partial charge in [0.05, 0.1) is 4.92 Å². The summed E-state index contributed by atoms with van der Waals surface area (Å²) in [6.07, 6.45) is 3.93.